The second-order valence-electron chi connectivity index (χ2n) is 9.18. The molecule has 0 aromatic carbocycles. The van der Waals surface area contributed by atoms with Gasteiger partial charge in [0.2, 0.25) is 0 Å². The lowest BCUT2D eigenvalue weighted by molar-refractivity contribution is -0.163. The van der Waals surface area contributed by atoms with Crippen molar-refractivity contribution in [2.45, 2.75) is 104 Å². The summed E-state index contributed by atoms with van der Waals surface area (Å²) in [6.07, 6.45) is 25.8. The third kappa shape index (κ3) is 17.9. The van der Waals surface area contributed by atoms with Crippen LogP contribution in [0.2, 0.25) is 0 Å². The van der Waals surface area contributed by atoms with E-state index in [9.17, 15) is 14.4 Å². The number of allylic oxidation sites excluding steroid dienone is 4. The average Bonchev–Trinajstić information content (AvgIpc) is 2.88. The smallest absolute Gasteiger partial charge is 0.321 e. The van der Waals surface area contributed by atoms with Gasteiger partial charge in [0, 0.05) is 12.3 Å². The van der Waals surface area contributed by atoms with Gasteiger partial charge in [-0.15, -0.1) is 0 Å². The molecule has 204 valence electrons. The molecule has 0 aromatic rings. The molecule has 0 aliphatic rings. The molecule has 0 saturated heterocycles. The van der Waals surface area contributed by atoms with Crippen molar-refractivity contribution >= 4 is 17.7 Å². The fourth-order valence-electron chi connectivity index (χ4n) is 3.90. The Morgan fingerprint density at radius 1 is 0.722 bits per heavy atom. The van der Waals surface area contributed by atoms with Crippen molar-refractivity contribution in [3.8, 4) is 0 Å². The standard InChI is InChI=1S/C31H50O5/c1-5-9-10-11-12-13-14-15-16-17-18-19-20-21-22-27(23-24-28(32)8-4)29(30(33)35-25-6-2)31(34)36-26-7-3/h6-7,15-16,23-24,27,29H,2-3,5,8-14,17-22,25-26H2,1,4H3/b16-15-,24-23+/t27-/m0/s1. The molecule has 0 aliphatic heterocycles. The average molecular weight is 503 g/mol. The molecule has 0 N–H and O–H groups in total. The van der Waals surface area contributed by atoms with E-state index < -0.39 is 23.8 Å². The van der Waals surface area contributed by atoms with Crippen LogP contribution in [-0.4, -0.2) is 30.9 Å². The van der Waals surface area contributed by atoms with Gasteiger partial charge < -0.3 is 9.47 Å². The molecule has 0 rings (SSSR count). The van der Waals surface area contributed by atoms with Gasteiger partial charge in [-0.1, -0.05) is 109 Å². The number of ether oxygens (including phenoxy) is 2. The number of hydrogen-bond acceptors (Lipinski definition) is 5. The molecule has 0 saturated carbocycles. The van der Waals surface area contributed by atoms with E-state index in [2.05, 4.69) is 32.2 Å². The van der Waals surface area contributed by atoms with Gasteiger partial charge in [-0.2, -0.15) is 0 Å². The van der Waals surface area contributed by atoms with Crippen LogP contribution in [-0.2, 0) is 23.9 Å². The number of ketones is 1. The summed E-state index contributed by atoms with van der Waals surface area (Å²) in [4.78, 5) is 37.2. The lowest BCUT2D eigenvalue weighted by atomic mass is 9.86. The van der Waals surface area contributed by atoms with Gasteiger partial charge in [-0.25, -0.2) is 0 Å². The molecular formula is C31H50O5. The third-order valence-corrected chi connectivity index (χ3v) is 6.05. The largest absolute Gasteiger partial charge is 0.461 e. The fraction of sp³-hybridized carbons (Fsp3) is 0.645. The molecule has 36 heavy (non-hydrogen) atoms. The summed E-state index contributed by atoms with van der Waals surface area (Å²) in [5, 5.41) is 0. The first-order chi connectivity index (χ1) is 17.5. The van der Waals surface area contributed by atoms with Crippen LogP contribution in [0.15, 0.2) is 49.6 Å². The van der Waals surface area contributed by atoms with Crippen molar-refractivity contribution < 1.29 is 23.9 Å². The highest BCUT2D eigenvalue weighted by Crippen LogP contribution is 2.25. The van der Waals surface area contributed by atoms with Crippen molar-refractivity contribution in [2.75, 3.05) is 13.2 Å². The molecule has 5 heteroatoms. The fourth-order valence-corrected chi connectivity index (χ4v) is 3.90. The Balaban J connectivity index is 4.69. The molecule has 0 amide bonds. The van der Waals surface area contributed by atoms with E-state index in [1.54, 1.807) is 13.0 Å². The Hall–Kier alpha value is -2.43. The molecular weight excluding hydrogens is 452 g/mol. The van der Waals surface area contributed by atoms with E-state index in [0.29, 0.717) is 12.8 Å². The molecule has 0 aromatic heterocycles. The summed E-state index contributed by atoms with van der Waals surface area (Å²) < 4.78 is 10.4. The summed E-state index contributed by atoms with van der Waals surface area (Å²) in [5.74, 6) is -2.94. The van der Waals surface area contributed by atoms with Gasteiger partial charge in [-0.05, 0) is 38.2 Å². The molecule has 0 heterocycles. The molecule has 1 atom stereocenters. The first-order valence-corrected chi connectivity index (χ1v) is 13.9. The molecule has 0 radical (unpaired) electrons. The van der Waals surface area contributed by atoms with Crippen molar-refractivity contribution in [1.82, 2.24) is 0 Å². The number of carbonyl (C=O) groups excluding carboxylic acids is 3. The second-order valence-corrected chi connectivity index (χ2v) is 9.18. The van der Waals surface area contributed by atoms with Crippen LogP contribution in [0.4, 0.5) is 0 Å². The van der Waals surface area contributed by atoms with Crippen LogP contribution in [0.3, 0.4) is 0 Å². The molecule has 0 spiro atoms. The Labute approximate surface area is 220 Å². The normalized spacial score (nSPS) is 12.2. The van der Waals surface area contributed by atoms with E-state index in [1.165, 1.54) is 63.2 Å². The predicted octanol–water partition coefficient (Wildman–Crippen LogP) is 7.86. The maximum atomic E-state index is 12.7. The summed E-state index contributed by atoms with van der Waals surface area (Å²) in [6, 6.07) is 0. The highest BCUT2D eigenvalue weighted by atomic mass is 16.6. The first-order valence-electron chi connectivity index (χ1n) is 13.9. The van der Waals surface area contributed by atoms with Crippen molar-refractivity contribution in [1.29, 1.82) is 0 Å². The zero-order valence-corrected chi connectivity index (χ0v) is 22.9. The predicted molar refractivity (Wildman–Crippen MR) is 149 cm³/mol. The number of hydrogen-bond donors (Lipinski definition) is 0. The number of rotatable bonds is 24. The second kappa shape index (κ2) is 24.3. The number of esters is 2. The summed E-state index contributed by atoms with van der Waals surface area (Å²) in [5.41, 5.74) is 0. The van der Waals surface area contributed by atoms with Crippen molar-refractivity contribution in [2.24, 2.45) is 11.8 Å². The Morgan fingerprint density at radius 3 is 1.72 bits per heavy atom. The van der Waals surface area contributed by atoms with Crippen LogP contribution in [0.1, 0.15) is 104 Å². The molecule has 0 unspecified atom stereocenters. The van der Waals surface area contributed by atoms with Gasteiger partial charge in [0.15, 0.2) is 11.7 Å². The highest BCUT2D eigenvalue weighted by Gasteiger charge is 2.36. The zero-order chi connectivity index (χ0) is 26.9. The molecule has 0 fully saturated rings. The molecule has 5 nitrogen and oxygen atoms in total. The quantitative estimate of drug-likeness (QED) is 0.0442. The minimum Gasteiger partial charge on any atom is -0.461 e. The van der Waals surface area contributed by atoms with Gasteiger partial charge in [0.25, 0.3) is 0 Å². The summed E-state index contributed by atoms with van der Waals surface area (Å²) in [7, 11) is 0. The maximum absolute atomic E-state index is 12.7. The third-order valence-electron chi connectivity index (χ3n) is 6.05. The lowest BCUT2D eigenvalue weighted by Gasteiger charge is -2.21. The van der Waals surface area contributed by atoms with Crippen LogP contribution >= 0.6 is 0 Å². The summed E-state index contributed by atoms with van der Waals surface area (Å²) >= 11 is 0. The number of unbranched alkanes of at least 4 members (excludes halogenated alkanes) is 10. The van der Waals surface area contributed by atoms with E-state index >= 15 is 0 Å². The minimum absolute atomic E-state index is 0.0147. The van der Waals surface area contributed by atoms with E-state index in [4.69, 9.17) is 9.47 Å². The number of carbonyl (C=O) groups is 3. The van der Waals surface area contributed by atoms with Crippen LogP contribution in [0.25, 0.3) is 0 Å². The first kappa shape index (κ1) is 33.6. The zero-order valence-electron chi connectivity index (χ0n) is 22.9. The van der Waals surface area contributed by atoms with Crippen molar-refractivity contribution in [3.05, 3.63) is 49.6 Å². The van der Waals surface area contributed by atoms with E-state index in [1.807, 2.05) is 0 Å². The molecule has 0 bridgehead atoms. The maximum Gasteiger partial charge on any atom is 0.321 e. The topological polar surface area (TPSA) is 69.7 Å². The summed E-state index contributed by atoms with van der Waals surface area (Å²) in [6.45, 7) is 11.2. The monoisotopic (exact) mass is 502 g/mol. The van der Waals surface area contributed by atoms with Gasteiger partial charge in [-0.3, -0.25) is 14.4 Å². The van der Waals surface area contributed by atoms with Crippen LogP contribution in [0, 0.1) is 11.8 Å². The Kier molecular flexibility index (Phi) is 22.6. The minimum atomic E-state index is -1.12. The van der Waals surface area contributed by atoms with E-state index in [0.717, 1.165) is 32.1 Å². The van der Waals surface area contributed by atoms with Gasteiger partial charge >= 0.3 is 11.9 Å². The van der Waals surface area contributed by atoms with Crippen molar-refractivity contribution in [3.63, 3.8) is 0 Å². The van der Waals surface area contributed by atoms with Crippen LogP contribution < -0.4 is 0 Å². The molecule has 0 aliphatic carbocycles. The van der Waals surface area contributed by atoms with Gasteiger partial charge in [0.1, 0.15) is 13.2 Å². The van der Waals surface area contributed by atoms with Gasteiger partial charge in [0.05, 0.1) is 0 Å². The SMILES string of the molecule is C=CCOC(=O)C(C(=O)OCC=C)[C@H](/C=C/C(=O)CC)CCCCCC/C=C\CCCCCCCC. The van der Waals surface area contributed by atoms with E-state index in [-0.39, 0.29) is 19.0 Å². The Bertz CT molecular complexity index is 652. The van der Waals surface area contributed by atoms with Crippen LogP contribution in [0.5, 0.6) is 0 Å². The lowest BCUT2D eigenvalue weighted by Crippen LogP contribution is -2.34. The Morgan fingerprint density at radius 2 is 1.22 bits per heavy atom. The highest BCUT2D eigenvalue weighted by molar-refractivity contribution is 5.96.